The molecule has 0 spiro atoms. The molecular weight excluding hydrogens is 362 g/mol. The van der Waals surface area contributed by atoms with Crippen LogP contribution < -0.4 is 0 Å². The number of rotatable bonds is 1. The van der Waals surface area contributed by atoms with Gasteiger partial charge in [-0.25, -0.2) is 0 Å². The molecule has 1 aromatic rings. The van der Waals surface area contributed by atoms with Crippen molar-refractivity contribution in [3.8, 4) is 0 Å². The van der Waals surface area contributed by atoms with E-state index in [0.717, 1.165) is 27.2 Å². The molecular formula is C17H21NOTe. The van der Waals surface area contributed by atoms with Gasteiger partial charge in [0.05, 0.1) is 0 Å². The quantitative estimate of drug-likeness (QED) is 0.598. The Hall–Kier alpha value is -0.360. The Kier molecular flexibility index (Phi) is 3.22. The summed E-state index contributed by atoms with van der Waals surface area (Å²) >= 11 is -0.178. The van der Waals surface area contributed by atoms with Crippen LogP contribution in [-0.2, 0) is 6.42 Å². The Labute approximate surface area is 130 Å². The maximum atomic E-state index is 11.2. The van der Waals surface area contributed by atoms with Crippen LogP contribution in [0, 0.1) is 17.8 Å². The number of aryl methyl sites for hydroxylation is 1. The van der Waals surface area contributed by atoms with Gasteiger partial charge in [0.1, 0.15) is 0 Å². The van der Waals surface area contributed by atoms with Gasteiger partial charge >= 0.3 is 131 Å². The normalized spacial score (nSPS) is 42.5. The van der Waals surface area contributed by atoms with E-state index in [4.69, 9.17) is 0 Å². The first-order valence-corrected chi connectivity index (χ1v) is 10.6. The van der Waals surface area contributed by atoms with Crippen molar-refractivity contribution in [1.82, 2.24) is 4.98 Å². The van der Waals surface area contributed by atoms with Crippen molar-refractivity contribution in [1.29, 1.82) is 0 Å². The predicted octanol–water partition coefficient (Wildman–Crippen LogP) is 2.76. The van der Waals surface area contributed by atoms with Gasteiger partial charge in [0.25, 0.3) is 0 Å². The van der Waals surface area contributed by atoms with Crippen molar-refractivity contribution in [3.63, 3.8) is 0 Å². The van der Waals surface area contributed by atoms with Crippen LogP contribution in [0.4, 0.5) is 0 Å². The first kappa shape index (κ1) is 13.3. The molecule has 3 heteroatoms. The van der Waals surface area contributed by atoms with Crippen molar-refractivity contribution in [3.05, 3.63) is 42.2 Å². The molecule has 0 aromatic carbocycles. The van der Waals surface area contributed by atoms with E-state index in [1.807, 2.05) is 12.3 Å². The zero-order valence-electron chi connectivity index (χ0n) is 11.7. The Bertz CT molecular complexity index is 546. The summed E-state index contributed by atoms with van der Waals surface area (Å²) in [5.74, 6) is 1.57. The van der Waals surface area contributed by atoms with E-state index in [0.29, 0.717) is 11.8 Å². The first-order valence-electron chi connectivity index (χ1n) is 7.63. The van der Waals surface area contributed by atoms with Crippen LogP contribution in [0.25, 0.3) is 0 Å². The summed E-state index contributed by atoms with van der Waals surface area (Å²) in [5, 5.41) is 11.2. The fourth-order valence-corrected chi connectivity index (χ4v) is 10.0. The zero-order chi connectivity index (χ0) is 13.7. The molecule has 2 heterocycles. The number of hydrogen-bond acceptors (Lipinski definition) is 2. The summed E-state index contributed by atoms with van der Waals surface area (Å²) in [6.07, 6.45) is 10.8. The summed E-state index contributed by atoms with van der Waals surface area (Å²) < 4.78 is 1.85. The standard InChI is InChI=1S/C17H21NOTe/c1-2-12-4-6-15-14-5-3-11-9-18-8-7-13(11)16(14)20-10-17(12,15)19/h2,7-9,12,14-16,19H,1,3-6,10H2/t12-,14+,15+,16+,17-/m0/s1. The van der Waals surface area contributed by atoms with Crippen LogP contribution in [0.5, 0.6) is 0 Å². The molecule has 1 saturated heterocycles. The van der Waals surface area contributed by atoms with Crippen LogP contribution in [0.15, 0.2) is 31.1 Å². The second kappa shape index (κ2) is 4.83. The molecule has 5 atom stereocenters. The van der Waals surface area contributed by atoms with Gasteiger partial charge in [-0.3, -0.25) is 0 Å². The molecule has 1 N–H and O–H groups in total. The monoisotopic (exact) mass is 385 g/mol. The summed E-state index contributed by atoms with van der Waals surface area (Å²) in [7, 11) is 0. The molecule has 2 nitrogen and oxygen atoms in total. The van der Waals surface area contributed by atoms with E-state index in [9.17, 15) is 5.11 Å². The minimum absolute atomic E-state index is 0.178. The van der Waals surface area contributed by atoms with Gasteiger partial charge in [-0.15, -0.1) is 0 Å². The third-order valence-corrected chi connectivity index (χ3v) is 10.3. The maximum absolute atomic E-state index is 11.2. The number of hydrogen-bond donors (Lipinski definition) is 1. The Morgan fingerprint density at radius 3 is 3.15 bits per heavy atom. The molecule has 1 aliphatic heterocycles. The van der Waals surface area contributed by atoms with Crippen molar-refractivity contribution in [2.45, 2.75) is 39.7 Å². The fraction of sp³-hybridized carbons (Fsp3) is 0.588. The number of nitrogens with zero attached hydrogens (tertiary/aromatic N) is 1. The van der Waals surface area contributed by atoms with Gasteiger partial charge in [-0.2, -0.15) is 0 Å². The third kappa shape index (κ3) is 1.76. The zero-order valence-corrected chi connectivity index (χ0v) is 14.0. The predicted molar refractivity (Wildman–Crippen MR) is 80.7 cm³/mol. The van der Waals surface area contributed by atoms with E-state index in [1.54, 1.807) is 5.56 Å². The van der Waals surface area contributed by atoms with Gasteiger partial charge in [0.15, 0.2) is 0 Å². The molecule has 0 amide bonds. The summed E-state index contributed by atoms with van der Waals surface area (Å²) in [4.78, 5) is 4.29. The van der Waals surface area contributed by atoms with Gasteiger partial charge < -0.3 is 0 Å². The van der Waals surface area contributed by atoms with E-state index >= 15 is 0 Å². The molecule has 2 fully saturated rings. The third-order valence-electron chi connectivity index (χ3n) is 5.75. The van der Waals surface area contributed by atoms with Gasteiger partial charge in [0.2, 0.25) is 0 Å². The SMILES string of the molecule is C=C[C@H]1CC[C@@H]2[C@H]3CCc4cnccc4[C@H]3[Te]C[C@@]21O. The summed E-state index contributed by atoms with van der Waals surface area (Å²) in [6, 6.07) is 2.25. The number of aliphatic hydroxyl groups is 1. The fourth-order valence-electron chi connectivity index (χ4n) is 4.73. The first-order chi connectivity index (χ1) is 9.74. The van der Waals surface area contributed by atoms with Gasteiger partial charge in [0, 0.05) is 0 Å². The average Bonchev–Trinajstić information content (AvgIpc) is 2.83. The summed E-state index contributed by atoms with van der Waals surface area (Å²) in [5.41, 5.74) is 2.64. The van der Waals surface area contributed by atoms with Crippen LogP contribution in [0.2, 0.25) is 4.47 Å². The molecule has 0 unspecified atom stereocenters. The van der Waals surface area contributed by atoms with E-state index < -0.39 is 5.60 Å². The summed E-state index contributed by atoms with van der Waals surface area (Å²) in [6.45, 7) is 3.97. The van der Waals surface area contributed by atoms with Crippen molar-refractivity contribution in [2.24, 2.45) is 17.8 Å². The molecule has 4 rings (SSSR count). The Balaban J connectivity index is 1.70. The van der Waals surface area contributed by atoms with Gasteiger partial charge in [-0.1, -0.05) is 0 Å². The molecule has 0 bridgehead atoms. The number of pyridine rings is 1. The molecule has 106 valence electrons. The second-order valence-corrected chi connectivity index (χ2v) is 9.75. The van der Waals surface area contributed by atoms with Crippen molar-refractivity contribution < 1.29 is 5.11 Å². The molecule has 1 aromatic heterocycles. The van der Waals surface area contributed by atoms with E-state index in [1.165, 1.54) is 18.4 Å². The number of fused-ring (bicyclic) bond motifs is 5. The van der Waals surface area contributed by atoms with Crippen molar-refractivity contribution in [2.75, 3.05) is 0 Å². The molecule has 20 heavy (non-hydrogen) atoms. The molecule has 3 aliphatic rings. The minimum atomic E-state index is -0.407. The topological polar surface area (TPSA) is 33.1 Å². The van der Waals surface area contributed by atoms with Crippen LogP contribution in [0.1, 0.15) is 34.4 Å². The Morgan fingerprint density at radius 1 is 1.40 bits per heavy atom. The van der Waals surface area contributed by atoms with Crippen molar-refractivity contribution >= 4 is 20.9 Å². The molecule has 1 saturated carbocycles. The Morgan fingerprint density at radius 2 is 2.30 bits per heavy atom. The second-order valence-electron chi connectivity index (χ2n) is 6.53. The van der Waals surface area contributed by atoms with Crippen LogP contribution in [-0.4, -0.2) is 36.6 Å². The molecule has 0 radical (unpaired) electrons. The average molecular weight is 383 g/mol. The van der Waals surface area contributed by atoms with Gasteiger partial charge in [-0.05, 0) is 0 Å². The number of aromatic nitrogens is 1. The van der Waals surface area contributed by atoms with E-state index in [-0.39, 0.29) is 20.9 Å². The van der Waals surface area contributed by atoms with E-state index in [2.05, 4.69) is 23.8 Å². The van der Waals surface area contributed by atoms with Crippen LogP contribution in [0.3, 0.4) is 0 Å². The van der Waals surface area contributed by atoms with Crippen LogP contribution >= 0.6 is 0 Å². The molecule has 2 aliphatic carbocycles.